The minimum Gasteiger partial charge on any atom is -0.309 e. The maximum atomic E-state index is 12.7. The Morgan fingerprint density at radius 3 is 2.07 bits per heavy atom. The molecule has 1 aliphatic carbocycles. The van der Waals surface area contributed by atoms with Gasteiger partial charge in [-0.3, -0.25) is 9.89 Å². The molecule has 4 nitrogen and oxygen atoms in total. The van der Waals surface area contributed by atoms with Gasteiger partial charge in [-0.2, -0.15) is 5.10 Å². The highest BCUT2D eigenvalue weighted by molar-refractivity contribution is 5.93. The number of fused-ring (bicyclic) bond motifs is 1. The Morgan fingerprint density at radius 2 is 1.38 bits per heavy atom. The molecule has 0 atom stereocenters. The van der Waals surface area contributed by atoms with E-state index in [-0.39, 0.29) is 11.8 Å². The summed E-state index contributed by atoms with van der Waals surface area (Å²) in [6.07, 6.45) is 1.58. The summed E-state index contributed by atoms with van der Waals surface area (Å²) in [5, 5.41) is 10.3. The SMILES string of the molecule is O=C(Nc1cc(-c2ccc(-c3ccccc3)cc2)[nH]n1)C1Cc2ccccc2C1. The molecule has 1 aromatic heterocycles. The molecule has 0 aliphatic heterocycles. The summed E-state index contributed by atoms with van der Waals surface area (Å²) in [5.41, 5.74) is 6.82. The molecule has 3 aromatic carbocycles. The van der Waals surface area contributed by atoms with Crippen LogP contribution in [-0.4, -0.2) is 16.1 Å². The summed E-state index contributed by atoms with van der Waals surface area (Å²) < 4.78 is 0. The van der Waals surface area contributed by atoms with Gasteiger partial charge < -0.3 is 5.32 Å². The van der Waals surface area contributed by atoms with Crippen molar-refractivity contribution in [1.29, 1.82) is 0 Å². The number of aromatic amines is 1. The fourth-order valence-corrected chi connectivity index (χ4v) is 3.98. The van der Waals surface area contributed by atoms with E-state index in [1.807, 2.05) is 36.4 Å². The first-order valence-corrected chi connectivity index (χ1v) is 9.85. The molecule has 5 rings (SSSR count). The average molecular weight is 379 g/mol. The van der Waals surface area contributed by atoms with Crippen molar-refractivity contribution in [3.05, 3.63) is 96.1 Å². The standard InChI is InChI=1S/C25H21N3O/c29-25(22-14-20-8-4-5-9-21(20)15-22)26-24-16-23(27-28-24)19-12-10-18(11-13-19)17-6-2-1-3-7-17/h1-13,16,22H,14-15H2,(H2,26,27,28,29). The van der Waals surface area contributed by atoms with Gasteiger partial charge in [0.25, 0.3) is 0 Å². The highest BCUT2D eigenvalue weighted by atomic mass is 16.2. The lowest BCUT2D eigenvalue weighted by Gasteiger charge is -2.07. The smallest absolute Gasteiger partial charge is 0.229 e. The zero-order chi connectivity index (χ0) is 19.6. The number of H-pyrrole nitrogens is 1. The van der Waals surface area contributed by atoms with E-state index in [1.165, 1.54) is 22.3 Å². The monoisotopic (exact) mass is 379 g/mol. The van der Waals surface area contributed by atoms with Crippen LogP contribution in [0.15, 0.2) is 84.9 Å². The Hall–Kier alpha value is -3.66. The van der Waals surface area contributed by atoms with E-state index in [0.29, 0.717) is 5.82 Å². The first-order chi connectivity index (χ1) is 14.3. The quantitative estimate of drug-likeness (QED) is 0.518. The van der Waals surface area contributed by atoms with E-state index in [0.717, 1.165) is 24.1 Å². The Morgan fingerprint density at radius 1 is 0.793 bits per heavy atom. The van der Waals surface area contributed by atoms with Crippen molar-refractivity contribution < 1.29 is 4.79 Å². The average Bonchev–Trinajstić information content (AvgIpc) is 3.41. The fourth-order valence-electron chi connectivity index (χ4n) is 3.98. The lowest BCUT2D eigenvalue weighted by molar-refractivity contribution is -0.119. The zero-order valence-electron chi connectivity index (χ0n) is 15.9. The summed E-state index contributed by atoms with van der Waals surface area (Å²) >= 11 is 0. The van der Waals surface area contributed by atoms with Crippen LogP contribution in [0, 0.1) is 5.92 Å². The molecule has 1 aliphatic rings. The van der Waals surface area contributed by atoms with Gasteiger partial charge in [0.1, 0.15) is 0 Å². The van der Waals surface area contributed by atoms with Gasteiger partial charge in [0, 0.05) is 12.0 Å². The predicted molar refractivity (Wildman–Crippen MR) is 115 cm³/mol. The number of hydrogen-bond acceptors (Lipinski definition) is 2. The van der Waals surface area contributed by atoms with E-state index in [1.54, 1.807) is 0 Å². The minimum atomic E-state index is -0.0299. The lowest BCUT2D eigenvalue weighted by Crippen LogP contribution is -2.23. The summed E-state index contributed by atoms with van der Waals surface area (Å²) in [6, 6.07) is 28.8. The first kappa shape index (κ1) is 17.4. The van der Waals surface area contributed by atoms with Gasteiger partial charge in [0.15, 0.2) is 5.82 Å². The number of nitrogens with zero attached hydrogens (tertiary/aromatic N) is 1. The van der Waals surface area contributed by atoms with Crippen molar-refractivity contribution >= 4 is 11.7 Å². The number of amides is 1. The molecule has 142 valence electrons. The largest absolute Gasteiger partial charge is 0.309 e. The molecule has 4 aromatic rings. The molecule has 0 radical (unpaired) electrons. The van der Waals surface area contributed by atoms with Crippen LogP contribution in [-0.2, 0) is 17.6 Å². The number of rotatable bonds is 4. The predicted octanol–water partition coefficient (Wildman–Crippen LogP) is 5.10. The highest BCUT2D eigenvalue weighted by Crippen LogP contribution is 2.28. The van der Waals surface area contributed by atoms with Crippen LogP contribution in [0.5, 0.6) is 0 Å². The molecule has 0 saturated carbocycles. The number of hydrogen-bond donors (Lipinski definition) is 2. The normalized spacial score (nSPS) is 13.2. The topological polar surface area (TPSA) is 57.8 Å². The second-order valence-corrected chi connectivity index (χ2v) is 7.47. The van der Waals surface area contributed by atoms with Crippen molar-refractivity contribution in [2.45, 2.75) is 12.8 Å². The Labute approximate surface area is 169 Å². The third-order valence-electron chi connectivity index (χ3n) is 5.55. The van der Waals surface area contributed by atoms with Crippen molar-refractivity contribution in [3.8, 4) is 22.4 Å². The molecule has 0 fully saturated rings. The van der Waals surface area contributed by atoms with Gasteiger partial charge in [-0.1, -0.05) is 78.9 Å². The number of nitrogens with one attached hydrogen (secondary N) is 2. The maximum Gasteiger partial charge on any atom is 0.229 e. The third kappa shape index (κ3) is 3.57. The van der Waals surface area contributed by atoms with Crippen LogP contribution in [0.2, 0.25) is 0 Å². The minimum absolute atomic E-state index is 0.0266. The van der Waals surface area contributed by atoms with Gasteiger partial charge in [0.05, 0.1) is 5.69 Å². The van der Waals surface area contributed by atoms with Crippen LogP contribution in [0.4, 0.5) is 5.82 Å². The van der Waals surface area contributed by atoms with Crippen LogP contribution in [0.1, 0.15) is 11.1 Å². The van der Waals surface area contributed by atoms with Crippen molar-refractivity contribution in [2.75, 3.05) is 5.32 Å². The molecule has 0 unspecified atom stereocenters. The van der Waals surface area contributed by atoms with Crippen molar-refractivity contribution in [2.24, 2.45) is 5.92 Å². The molecule has 0 spiro atoms. The second-order valence-electron chi connectivity index (χ2n) is 7.47. The molecule has 1 heterocycles. The van der Waals surface area contributed by atoms with Crippen molar-refractivity contribution in [3.63, 3.8) is 0 Å². The van der Waals surface area contributed by atoms with Gasteiger partial charge in [-0.25, -0.2) is 0 Å². The van der Waals surface area contributed by atoms with Crippen LogP contribution in [0.25, 0.3) is 22.4 Å². The molecular formula is C25H21N3O. The van der Waals surface area contributed by atoms with Gasteiger partial charge in [-0.15, -0.1) is 0 Å². The van der Waals surface area contributed by atoms with E-state index in [9.17, 15) is 4.79 Å². The number of carbonyl (C=O) groups is 1. The molecule has 0 saturated heterocycles. The molecular weight excluding hydrogens is 358 g/mol. The van der Waals surface area contributed by atoms with Crippen LogP contribution >= 0.6 is 0 Å². The number of anilines is 1. The molecule has 2 N–H and O–H groups in total. The first-order valence-electron chi connectivity index (χ1n) is 9.85. The van der Waals surface area contributed by atoms with Gasteiger partial charge in [0.2, 0.25) is 5.91 Å². The Kier molecular flexibility index (Phi) is 4.45. The number of carbonyl (C=O) groups excluding carboxylic acids is 1. The van der Waals surface area contributed by atoms with Gasteiger partial charge in [-0.05, 0) is 40.7 Å². The number of benzene rings is 3. The lowest BCUT2D eigenvalue weighted by atomic mass is 10.0. The Balaban J connectivity index is 1.27. The summed E-state index contributed by atoms with van der Waals surface area (Å²) in [7, 11) is 0. The number of aromatic nitrogens is 2. The van der Waals surface area contributed by atoms with Crippen LogP contribution in [0.3, 0.4) is 0 Å². The van der Waals surface area contributed by atoms with E-state index in [2.05, 4.69) is 64.0 Å². The molecule has 4 heteroatoms. The Bertz CT molecular complexity index is 1120. The third-order valence-corrected chi connectivity index (χ3v) is 5.55. The van der Waals surface area contributed by atoms with Crippen LogP contribution < -0.4 is 5.32 Å². The molecule has 29 heavy (non-hydrogen) atoms. The fraction of sp³-hybridized carbons (Fsp3) is 0.120. The van der Waals surface area contributed by atoms with Gasteiger partial charge >= 0.3 is 0 Å². The highest BCUT2D eigenvalue weighted by Gasteiger charge is 2.27. The van der Waals surface area contributed by atoms with E-state index >= 15 is 0 Å². The second kappa shape index (κ2) is 7.40. The zero-order valence-corrected chi connectivity index (χ0v) is 15.9. The van der Waals surface area contributed by atoms with Crippen molar-refractivity contribution in [1.82, 2.24) is 10.2 Å². The molecule has 1 amide bonds. The van der Waals surface area contributed by atoms with E-state index in [4.69, 9.17) is 0 Å². The molecule has 0 bridgehead atoms. The van der Waals surface area contributed by atoms with E-state index < -0.39 is 0 Å². The summed E-state index contributed by atoms with van der Waals surface area (Å²) in [4.78, 5) is 12.7. The summed E-state index contributed by atoms with van der Waals surface area (Å²) in [5.74, 6) is 0.560. The summed E-state index contributed by atoms with van der Waals surface area (Å²) in [6.45, 7) is 0. The maximum absolute atomic E-state index is 12.7.